The Hall–Kier alpha value is -2.56. The number of methoxy groups -OCH3 is 1. The Bertz CT molecular complexity index is 764. The average molecular weight is 268 g/mol. The lowest BCUT2D eigenvalue weighted by Crippen LogP contribution is -2.06. The molecule has 0 atom stereocenters. The summed E-state index contributed by atoms with van der Waals surface area (Å²) in [7, 11) is 1.65. The van der Waals surface area contributed by atoms with E-state index in [0.717, 1.165) is 28.2 Å². The smallest absolute Gasteiger partial charge is 0.201 e. The highest BCUT2D eigenvalue weighted by atomic mass is 16.5. The van der Waals surface area contributed by atoms with Crippen LogP contribution in [0.3, 0.4) is 0 Å². The number of aromatic nitrogens is 3. The highest BCUT2D eigenvalue weighted by Gasteiger charge is 2.10. The molecule has 0 spiro atoms. The highest BCUT2D eigenvalue weighted by Crippen LogP contribution is 2.23. The summed E-state index contributed by atoms with van der Waals surface area (Å²) in [5.74, 6) is 1.27. The molecule has 0 amide bonds. The summed E-state index contributed by atoms with van der Waals surface area (Å²) >= 11 is 0. The molecule has 2 aromatic heterocycles. The number of nitrogen functional groups attached to an aromatic ring is 1. The number of pyridine rings is 1. The van der Waals surface area contributed by atoms with Gasteiger partial charge in [-0.3, -0.25) is 4.98 Å². The molecule has 3 aromatic rings. The number of aryl methyl sites for hydroxylation is 1. The third-order valence-electron chi connectivity index (χ3n) is 3.25. The van der Waals surface area contributed by atoms with Crippen LogP contribution in [0, 0.1) is 6.92 Å². The number of benzene rings is 1. The Morgan fingerprint density at radius 1 is 1.20 bits per heavy atom. The summed E-state index contributed by atoms with van der Waals surface area (Å²) in [6.45, 7) is 2.57. The van der Waals surface area contributed by atoms with Gasteiger partial charge in [-0.1, -0.05) is 6.07 Å². The number of ether oxygens (including phenoxy) is 1. The minimum absolute atomic E-state index is 0.483. The van der Waals surface area contributed by atoms with Crippen molar-refractivity contribution in [2.45, 2.75) is 13.5 Å². The summed E-state index contributed by atoms with van der Waals surface area (Å²) in [6.07, 6.45) is 0. The lowest BCUT2D eigenvalue weighted by atomic mass is 10.2. The van der Waals surface area contributed by atoms with Crippen molar-refractivity contribution in [3.05, 3.63) is 47.8 Å². The molecule has 1 aromatic carbocycles. The summed E-state index contributed by atoms with van der Waals surface area (Å²) in [6, 6.07) is 11.7. The van der Waals surface area contributed by atoms with E-state index in [4.69, 9.17) is 10.5 Å². The summed E-state index contributed by atoms with van der Waals surface area (Å²) in [5.41, 5.74) is 9.77. The predicted octanol–water partition coefficient (Wildman–Crippen LogP) is 2.38. The molecule has 0 aliphatic heterocycles. The Balaban J connectivity index is 2.08. The molecule has 0 saturated carbocycles. The molecule has 2 heterocycles. The van der Waals surface area contributed by atoms with Gasteiger partial charge in [-0.25, -0.2) is 4.98 Å². The normalized spacial score (nSPS) is 10.9. The zero-order valence-electron chi connectivity index (χ0n) is 11.5. The van der Waals surface area contributed by atoms with Crippen molar-refractivity contribution < 1.29 is 4.74 Å². The Morgan fingerprint density at radius 3 is 2.80 bits per heavy atom. The summed E-state index contributed by atoms with van der Waals surface area (Å²) in [4.78, 5) is 8.87. The molecule has 2 N–H and O–H groups in total. The molecule has 0 radical (unpaired) electrons. The van der Waals surface area contributed by atoms with Gasteiger partial charge in [0.1, 0.15) is 5.75 Å². The van der Waals surface area contributed by atoms with Crippen molar-refractivity contribution in [1.29, 1.82) is 0 Å². The lowest BCUT2D eigenvalue weighted by molar-refractivity contribution is 0.415. The molecule has 20 heavy (non-hydrogen) atoms. The molecule has 0 saturated heterocycles. The monoisotopic (exact) mass is 268 g/mol. The Morgan fingerprint density at radius 2 is 2.05 bits per heavy atom. The fraction of sp³-hybridized carbons (Fsp3) is 0.200. The summed E-state index contributed by atoms with van der Waals surface area (Å²) in [5, 5.41) is 0. The molecular formula is C15H16N4O. The van der Waals surface area contributed by atoms with Gasteiger partial charge in [-0.15, -0.1) is 0 Å². The van der Waals surface area contributed by atoms with Gasteiger partial charge >= 0.3 is 0 Å². The summed E-state index contributed by atoms with van der Waals surface area (Å²) < 4.78 is 7.20. The molecule has 0 bridgehead atoms. The quantitative estimate of drug-likeness (QED) is 0.792. The first kappa shape index (κ1) is 12.5. The van der Waals surface area contributed by atoms with Gasteiger partial charge in [-0.2, -0.15) is 0 Å². The minimum atomic E-state index is 0.483. The topological polar surface area (TPSA) is 66.0 Å². The molecule has 0 aliphatic carbocycles. The van der Waals surface area contributed by atoms with Crippen molar-refractivity contribution in [2.75, 3.05) is 12.8 Å². The maximum absolute atomic E-state index is 6.01. The van der Waals surface area contributed by atoms with E-state index >= 15 is 0 Å². The number of hydrogen-bond acceptors (Lipinski definition) is 4. The van der Waals surface area contributed by atoms with Gasteiger partial charge in [-0.05, 0) is 31.2 Å². The second-order valence-corrected chi connectivity index (χ2v) is 4.68. The fourth-order valence-corrected chi connectivity index (χ4v) is 2.26. The number of fused-ring (bicyclic) bond motifs is 1. The SMILES string of the molecule is COc1ccc2nc(N)n(Cc3cccc(C)n3)c2c1. The number of anilines is 1. The van der Waals surface area contributed by atoms with E-state index in [9.17, 15) is 0 Å². The lowest BCUT2D eigenvalue weighted by Gasteiger charge is -2.07. The van der Waals surface area contributed by atoms with E-state index in [1.165, 1.54) is 0 Å². The maximum Gasteiger partial charge on any atom is 0.201 e. The van der Waals surface area contributed by atoms with Crippen LogP contribution < -0.4 is 10.5 Å². The van der Waals surface area contributed by atoms with Crippen molar-refractivity contribution >= 4 is 17.0 Å². The second kappa shape index (κ2) is 4.85. The van der Waals surface area contributed by atoms with Crippen LogP contribution in [0.1, 0.15) is 11.4 Å². The Kier molecular flexibility index (Phi) is 3.02. The molecule has 102 valence electrons. The average Bonchev–Trinajstić information content (AvgIpc) is 2.74. The Labute approximate surface area is 117 Å². The van der Waals surface area contributed by atoms with Crippen LogP contribution >= 0.6 is 0 Å². The van der Waals surface area contributed by atoms with Crippen molar-refractivity contribution in [3.63, 3.8) is 0 Å². The standard InChI is InChI=1S/C15H16N4O/c1-10-4-3-5-11(17-10)9-19-14-8-12(20-2)6-7-13(14)18-15(19)16/h3-8H,9H2,1-2H3,(H2,16,18). The zero-order chi connectivity index (χ0) is 14.1. The van der Waals surface area contributed by atoms with E-state index in [0.29, 0.717) is 12.5 Å². The molecule has 5 nitrogen and oxygen atoms in total. The second-order valence-electron chi connectivity index (χ2n) is 4.68. The van der Waals surface area contributed by atoms with Gasteiger partial charge in [0.15, 0.2) is 0 Å². The van der Waals surface area contributed by atoms with Gasteiger partial charge in [0, 0.05) is 11.8 Å². The highest BCUT2D eigenvalue weighted by molar-refractivity contribution is 5.80. The third kappa shape index (κ3) is 2.18. The number of hydrogen-bond donors (Lipinski definition) is 1. The van der Waals surface area contributed by atoms with Crippen LogP contribution in [0.5, 0.6) is 5.75 Å². The molecule has 3 rings (SSSR count). The molecule has 0 aliphatic rings. The molecular weight excluding hydrogens is 252 g/mol. The first-order chi connectivity index (χ1) is 9.67. The number of nitrogens with zero attached hydrogens (tertiary/aromatic N) is 3. The fourth-order valence-electron chi connectivity index (χ4n) is 2.26. The van der Waals surface area contributed by atoms with Gasteiger partial charge in [0.25, 0.3) is 0 Å². The van der Waals surface area contributed by atoms with Crippen LogP contribution in [0.25, 0.3) is 11.0 Å². The van der Waals surface area contributed by atoms with Gasteiger partial charge in [0.2, 0.25) is 5.95 Å². The van der Waals surface area contributed by atoms with Crippen molar-refractivity contribution in [3.8, 4) is 5.75 Å². The number of rotatable bonds is 3. The van der Waals surface area contributed by atoms with Crippen LogP contribution in [0.15, 0.2) is 36.4 Å². The van der Waals surface area contributed by atoms with E-state index < -0.39 is 0 Å². The largest absolute Gasteiger partial charge is 0.497 e. The first-order valence-electron chi connectivity index (χ1n) is 6.39. The van der Waals surface area contributed by atoms with Crippen molar-refractivity contribution in [1.82, 2.24) is 14.5 Å². The van der Waals surface area contributed by atoms with Gasteiger partial charge in [0.05, 0.1) is 30.4 Å². The van der Waals surface area contributed by atoms with Crippen molar-refractivity contribution in [2.24, 2.45) is 0 Å². The van der Waals surface area contributed by atoms with E-state index in [1.54, 1.807) is 7.11 Å². The molecule has 0 fully saturated rings. The third-order valence-corrected chi connectivity index (χ3v) is 3.25. The zero-order valence-corrected chi connectivity index (χ0v) is 11.5. The number of imidazole rings is 1. The van der Waals surface area contributed by atoms with E-state index in [2.05, 4.69) is 9.97 Å². The maximum atomic E-state index is 6.01. The molecule has 5 heteroatoms. The van der Waals surface area contributed by atoms with Gasteiger partial charge < -0.3 is 15.0 Å². The molecule has 0 unspecified atom stereocenters. The van der Waals surface area contributed by atoms with E-state index in [-0.39, 0.29) is 0 Å². The van der Waals surface area contributed by atoms with Crippen LogP contribution in [-0.2, 0) is 6.54 Å². The minimum Gasteiger partial charge on any atom is -0.497 e. The first-order valence-corrected chi connectivity index (χ1v) is 6.39. The van der Waals surface area contributed by atoms with Crippen LogP contribution in [0.2, 0.25) is 0 Å². The number of nitrogens with two attached hydrogens (primary N) is 1. The predicted molar refractivity (Wildman–Crippen MR) is 78.8 cm³/mol. The van der Waals surface area contributed by atoms with E-state index in [1.807, 2.05) is 47.9 Å². The van der Waals surface area contributed by atoms with Crippen LogP contribution in [0.4, 0.5) is 5.95 Å². The van der Waals surface area contributed by atoms with Crippen LogP contribution in [-0.4, -0.2) is 21.6 Å².